The summed E-state index contributed by atoms with van der Waals surface area (Å²) in [7, 11) is 4.30. The molecular weight excluding hydrogens is 477 g/mol. The lowest BCUT2D eigenvalue weighted by molar-refractivity contribution is -0.173. The van der Waals surface area contributed by atoms with Crippen LogP contribution in [0.25, 0.3) is 0 Å². The van der Waals surface area contributed by atoms with E-state index in [0.29, 0.717) is 28.5 Å². The van der Waals surface area contributed by atoms with Crippen molar-refractivity contribution in [2.75, 3.05) is 32.0 Å². The summed E-state index contributed by atoms with van der Waals surface area (Å²) >= 11 is 0. The van der Waals surface area contributed by atoms with E-state index in [0.717, 1.165) is 22.0 Å². The second-order valence-corrected chi connectivity index (χ2v) is 8.55. The number of carbonyl (C=O) groups is 1. The summed E-state index contributed by atoms with van der Waals surface area (Å²) in [6, 6.07) is 5.82. The first-order chi connectivity index (χ1) is 17.1. The van der Waals surface area contributed by atoms with Crippen LogP contribution in [0.2, 0.25) is 0 Å². The highest BCUT2D eigenvalue weighted by Crippen LogP contribution is 2.47. The second-order valence-electron chi connectivity index (χ2n) is 8.55. The van der Waals surface area contributed by atoms with E-state index >= 15 is 0 Å². The Balaban J connectivity index is 1.73. The van der Waals surface area contributed by atoms with Gasteiger partial charge in [-0.05, 0) is 54.8 Å². The monoisotopic (exact) mass is 504 g/mol. The van der Waals surface area contributed by atoms with E-state index in [-0.39, 0.29) is 17.8 Å². The highest BCUT2D eigenvalue weighted by molar-refractivity contribution is 6.07. The first-order valence-corrected chi connectivity index (χ1v) is 11.2. The smallest absolute Gasteiger partial charge is 0.410 e. The Morgan fingerprint density at radius 3 is 2.28 bits per heavy atom. The number of nitrogens with zero attached hydrogens (tertiary/aromatic N) is 2. The number of ether oxygens (including phenoxy) is 3. The molecule has 0 spiro atoms. The molecule has 2 aromatic carbocycles. The normalized spacial score (nSPS) is 17.1. The topological polar surface area (TPSA) is 86.6 Å². The van der Waals surface area contributed by atoms with Crippen LogP contribution in [0.3, 0.4) is 0 Å². The molecule has 1 aliphatic rings. The lowest BCUT2D eigenvalue weighted by atomic mass is 9.95. The average molecular weight is 505 g/mol. The first-order valence-electron chi connectivity index (χ1n) is 11.2. The highest BCUT2D eigenvalue weighted by Gasteiger charge is 2.47. The number of carbonyl (C=O) groups excluding carboxylic acids is 1. The van der Waals surface area contributed by atoms with Gasteiger partial charge in [-0.2, -0.15) is 18.3 Å². The third-order valence-electron chi connectivity index (χ3n) is 6.34. The third-order valence-corrected chi connectivity index (χ3v) is 6.34. The first kappa shape index (κ1) is 25.2. The van der Waals surface area contributed by atoms with Gasteiger partial charge in [-0.1, -0.05) is 6.07 Å². The Kier molecular flexibility index (Phi) is 6.75. The Hall–Kier alpha value is -3.89. The Bertz CT molecular complexity index is 1260. The fraction of sp³-hybridized carbons (Fsp3) is 0.360. The van der Waals surface area contributed by atoms with Gasteiger partial charge in [-0.3, -0.25) is 4.79 Å². The minimum absolute atomic E-state index is 0.000352. The van der Waals surface area contributed by atoms with Crippen LogP contribution in [-0.4, -0.2) is 43.2 Å². The number of hydrogen-bond acceptors (Lipinski definition) is 6. The molecule has 192 valence electrons. The molecule has 0 bridgehead atoms. The molecule has 0 saturated carbocycles. The molecule has 0 fully saturated rings. The van der Waals surface area contributed by atoms with Gasteiger partial charge in [0.05, 0.1) is 33.6 Å². The van der Waals surface area contributed by atoms with Crippen molar-refractivity contribution >= 4 is 17.4 Å². The molecule has 2 unspecified atom stereocenters. The third kappa shape index (κ3) is 4.65. The van der Waals surface area contributed by atoms with Crippen molar-refractivity contribution in [3.8, 4) is 17.2 Å². The molecule has 2 N–H and O–H groups in total. The van der Waals surface area contributed by atoms with Gasteiger partial charge in [0, 0.05) is 12.1 Å². The van der Waals surface area contributed by atoms with Crippen molar-refractivity contribution in [1.82, 2.24) is 9.78 Å². The molecule has 8 nitrogen and oxygen atoms in total. The number of aromatic nitrogens is 2. The standard InChI is InChI=1S/C25H27F3N4O4/c1-13-6-7-16(8-14(13)2)30-24(33)17-12-29-32-21(25(26,27)28)11-18(31-23(17)32)15-9-19(34-3)22(36-5)20(10-15)35-4/h6-10,12,18,21,31H,11H2,1-5H3,(H,30,33). The number of nitrogens with one attached hydrogen (secondary N) is 2. The summed E-state index contributed by atoms with van der Waals surface area (Å²) in [6.45, 7) is 3.85. The lowest BCUT2D eigenvalue weighted by Crippen LogP contribution is -2.36. The van der Waals surface area contributed by atoms with Crippen molar-refractivity contribution < 1.29 is 32.2 Å². The number of hydrogen-bond donors (Lipinski definition) is 2. The maximum atomic E-state index is 14.1. The summed E-state index contributed by atoms with van der Waals surface area (Å²) in [5.74, 6) is 0.348. The van der Waals surface area contributed by atoms with Crippen molar-refractivity contribution in [1.29, 1.82) is 0 Å². The SMILES string of the molecule is COc1cc(C2CC(C(F)(F)F)n3ncc(C(=O)Nc4ccc(C)c(C)c4)c3N2)cc(OC)c1OC. The van der Waals surface area contributed by atoms with Crippen LogP contribution in [0.15, 0.2) is 36.5 Å². The Labute approximate surface area is 206 Å². The molecule has 0 aliphatic carbocycles. The van der Waals surface area contributed by atoms with Gasteiger partial charge < -0.3 is 24.8 Å². The predicted octanol–water partition coefficient (Wildman–Crippen LogP) is 5.44. The van der Waals surface area contributed by atoms with E-state index in [4.69, 9.17) is 14.2 Å². The number of rotatable bonds is 6. The molecule has 2 atom stereocenters. The summed E-state index contributed by atoms with van der Waals surface area (Å²) < 4.78 is 59.2. The minimum atomic E-state index is -4.59. The van der Waals surface area contributed by atoms with Gasteiger partial charge >= 0.3 is 6.18 Å². The van der Waals surface area contributed by atoms with Gasteiger partial charge in [0.2, 0.25) is 5.75 Å². The maximum Gasteiger partial charge on any atom is 0.410 e. The van der Waals surface area contributed by atoms with Crippen LogP contribution < -0.4 is 24.8 Å². The molecule has 1 amide bonds. The van der Waals surface area contributed by atoms with E-state index in [1.165, 1.54) is 21.3 Å². The van der Waals surface area contributed by atoms with Crippen LogP contribution in [-0.2, 0) is 0 Å². The predicted molar refractivity (Wildman–Crippen MR) is 128 cm³/mol. The van der Waals surface area contributed by atoms with Gasteiger partial charge in [-0.25, -0.2) is 4.68 Å². The second kappa shape index (κ2) is 9.63. The average Bonchev–Trinajstić information content (AvgIpc) is 3.28. The van der Waals surface area contributed by atoms with E-state index in [2.05, 4.69) is 15.7 Å². The van der Waals surface area contributed by atoms with Crippen LogP contribution in [0.4, 0.5) is 24.7 Å². The number of amides is 1. The molecule has 1 aliphatic heterocycles. The van der Waals surface area contributed by atoms with Gasteiger partial charge in [-0.15, -0.1) is 0 Å². The van der Waals surface area contributed by atoms with E-state index in [9.17, 15) is 18.0 Å². The number of fused-ring (bicyclic) bond motifs is 1. The zero-order valence-corrected chi connectivity index (χ0v) is 20.5. The molecule has 3 aromatic rings. The van der Waals surface area contributed by atoms with Gasteiger partial charge in [0.1, 0.15) is 11.4 Å². The molecular formula is C25H27F3N4O4. The van der Waals surface area contributed by atoms with Gasteiger partial charge in [0.25, 0.3) is 5.91 Å². The summed E-state index contributed by atoms with van der Waals surface area (Å²) in [4.78, 5) is 13.1. The number of halogens is 3. The largest absolute Gasteiger partial charge is 0.493 e. The van der Waals surface area contributed by atoms with Crippen LogP contribution in [0.1, 0.15) is 45.6 Å². The zero-order chi connectivity index (χ0) is 26.2. The van der Waals surface area contributed by atoms with Crippen LogP contribution >= 0.6 is 0 Å². The lowest BCUT2D eigenvalue weighted by Gasteiger charge is -2.34. The van der Waals surface area contributed by atoms with Crippen LogP contribution in [0.5, 0.6) is 17.2 Å². The number of anilines is 2. The van der Waals surface area contributed by atoms with Crippen molar-refractivity contribution in [3.63, 3.8) is 0 Å². The molecule has 4 rings (SSSR count). The molecule has 0 radical (unpaired) electrons. The minimum Gasteiger partial charge on any atom is -0.493 e. The highest BCUT2D eigenvalue weighted by atomic mass is 19.4. The van der Waals surface area contributed by atoms with E-state index in [1.807, 2.05) is 19.9 Å². The van der Waals surface area contributed by atoms with Crippen molar-refractivity contribution in [3.05, 3.63) is 58.8 Å². The molecule has 1 aromatic heterocycles. The van der Waals surface area contributed by atoms with E-state index in [1.54, 1.807) is 24.3 Å². The van der Waals surface area contributed by atoms with Gasteiger partial charge in [0.15, 0.2) is 17.5 Å². The fourth-order valence-electron chi connectivity index (χ4n) is 4.27. The number of methoxy groups -OCH3 is 3. The number of benzene rings is 2. The number of alkyl halides is 3. The van der Waals surface area contributed by atoms with E-state index < -0.39 is 24.2 Å². The fourth-order valence-corrected chi connectivity index (χ4v) is 4.27. The maximum absolute atomic E-state index is 14.1. The number of aryl methyl sites for hydroxylation is 2. The Morgan fingerprint density at radius 1 is 1.06 bits per heavy atom. The van der Waals surface area contributed by atoms with Crippen LogP contribution in [0, 0.1) is 13.8 Å². The quantitative estimate of drug-likeness (QED) is 0.465. The molecule has 36 heavy (non-hydrogen) atoms. The summed E-state index contributed by atoms with van der Waals surface area (Å²) in [5, 5.41) is 9.76. The molecule has 2 heterocycles. The summed E-state index contributed by atoms with van der Waals surface area (Å²) in [5.41, 5.74) is 3.04. The summed E-state index contributed by atoms with van der Waals surface area (Å²) in [6.07, 6.45) is -3.80. The van der Waals surface area contributed by atoms with Crippen molar-refractivity contribution in [2.24, 2.45) is 0 Å². The zero-order valence-electron chi connectivity index (χ0n) is 20.5. The molecule has 0 saturated heterocycles. The molecule has 11 heteroatoms. The Morgan fingerprint density at radius 2 is 1.72 bits per heavy atom. The van der Waals surface area contributed by atoms with Crippen molar-refractivity contribution in [2.45, 2.75) is 38.5 Å².